The van der Waals surface area contributed by atoms with Crippen LogP contribution in [-0.4, -0.2) is 0 Å². The van der Waals surface area contributed by atoms with Crippen molar-refractivity contribution in [3.8, 4) is 0 Å². The Labute approximate surface area is 114 Å². The monoisotopic (exact) mass is 248 g/mol. The molecule has 94 valence electrons. The van der Waals surface area contributed by atoms with Crippen LogP contribution < -0.4 is 4.57 Å². The lowest BCUT2D eigenvalue weighted by Gasteiger charge is -2.03. The van der Waals surface area contributed by atoms with Gasteiger partial charge in [0.1, 0.15) is 0 Å². The van der Waals surface area contributed by atoms with Crippen molar-refractivity contribution in [2.24, 2.45) is 0 Å². The van der Waals surface area contributed by atoms with Crippen molar-refractivity contribution >= 4 is 10.8 Å². The van der Waals surface area contributed by atoms with Gasteiger partial charge in [-0.2, -0.15) is 0 Å². The van der Waals surface area contributed by atoms with Gasteiger partial charge in [-0.15, -0.1) is 0 Å². The van der Waals surface area contributed by atoms with Crippen molar-refractivity contribution in [3.05, 3.63) is 78.1 Å². The summed E-state index contributed by atoms with van der Waals surface area (Å²) in [4.78, 5) is 0. The van der Waals surface area contributed by atoms with Gasteiger partial charge < -0.3 is 0 Å². The minimum Gasteiger partial charge on any atom is -0.202 e. The fraction of sp³-hybridized carbons (Fsp3) is 0.167. The maximum Gasteiger partial charge on any atom is 0.178 e. The predicted octanol–water partition coefficient (Wildman–Crippen LogP) is 3.68. The van der Waals surface area contributed by atoms with Gasteiger partial charge in [-0.25, -0.2) is 4.57 Å². The zero-order valence-electron chi connectivity index (χ0n) is 11.2. The first-order valence-corrected chi connectivity index (χ1v) is 6.76. The summed E-state index contributed by atoms with van der Waals surface area (Å²) in [6, 6.07) is 21.5. The second kappa shape index (κ2) is 5.23. The highest BCUT2D eigenvalue weighted by Gasteiger charge is 2.08. The molecule has 0 radical (unpaired) electrons. The van der Waals surface area contributed by atoms with Gasteiger partial charge in [-0.05, 0) is 17.0 Å². The molecule has 0 fully saturated rings. The average molecular weight is 248 g/mol. The summed E-state index contributed by atoms with van der Waals surface area (Å²) in [7, 11) is 0. The van der Waals surface area contributed by atoms with Gasteiger partial charge in [0.25, 0.3) is 0 Å². The van der Waals surface area contributed by atoms with Crippen LogP contribution in [0.3, 0.4) is 0 Å². The molecular weight excluding hydrogens is 230 g/mol. The molecule has 1 nitrogen and oxygen atoms in total. The summed E-state index contributed by atoms with van der Waals surface area (Å²) in [5.41, 5.74) is 2.71. The van der Waals surface area contributed by atoms with E-state index in [2.05, 4.69) is 78.4 Å². The molecule has 0 aliphatic heterocycles. The maximum atomic E-state index is 2.34. The normalized spacial score (nSPS) is 10.8. The molecule has 19 heavy (non-hydrogen) atoms. The van der Waals surface area contributed by atoms with Crippen LogP contribution in [0.5, 0.6) is 0 Å². The van der Waals surface area contributed by atoms with E-state index in [-0.39, 0.29) is 0 Å². The molecule has 0 saturated carbocycles. The zero-order chi connectivity index (χ0) is 13.1. The van der Waals surface area contributed by atoms with Crippen molar-refractivity contribution in [1.29, 1.82) is 0 Å². The summed E-state index contributed by atoms with van der Waals surface area (Å²) < 4.78 is 2.34. The van der Waals surface area contributed by atoms with Gasteiger partial charge in [0.05, 0.1) is 0 Å². The Bertz CT molecular complexity index is 686. The molecule has 0 bridgehead atoms. The number of hydrogen-bond donors (Lipinski definition) is 0. The van der Waals surface area contributed by atoms with Crippen LogP contribution in [0.15, 0.2) is 66.9 Å². The highest BCUT2D eigenvalue weighted by Crippen LogP contribution is 2.12. The number of hydrogen-bond acceptors (Lipinski definition) is 0. The topological polar surface area (TPSA) is 3.88 Å². The number of nitrogens with zero attached hydrogens (tertiary/aromatic N) is 1. The molecule has 2 aromatic carbocycles. The molecular formula is C18H18N+. The molecule has 1 aromatic heterocycles. The minimum atomic E-state index is 1.03. The van der Waals surface area contributed by atoms with Crippen LogP contribution in [0, 0.1) is 6.92 Å². The molecule has 0 aliphatic carbocycles. The van der Waals surface area contributed by atoms with Crippen molar-refractivity contribution in [3.63, 3.8) is 0 Å². The van der Waals surface area contributed by atoms with Gasteiger partial charge in [0, 0.05) is 24.8 Å². The van der Waals surface area contributed by atoms with Crippen LogP contribution in [0.25, 0.3) is 10.8 Å². The fourth-order valence-electron chi connectivity index (χ4n) is 2.47. The number of aryl methyl sites for hydroxylation is 3. The SMILES string of the molecule is Cc1cc2ccccc2c[n+]1CCc1ccccc1. The summed E-state index contributed by atoms with van der Waals surface area (Å²) >= 11 is 0. The number of benzene rings is 2. The van der Waals surface area contributed by atoms with Crippen LogP contribution in [-0.2, 0) is 13.0 Å². The van der Waals surface area contributed by atoms with Crippen molar-refractivity contribution in [2.75, 3.05) is 0 Å². The maximum absolute atomic E-state index is 2.34. The smallest absolute Gasteiger partial charge is 0.178 e. The van der Waals surface area contributed by atoms with E-state index in [0.717, 1.165) is 13.0 Å². The van der Waals surface area contributed by atoms with E-state index in [0.29, 0.717) is 0 Å². The highest BCUT2D eigenvalue weighted by molar-refractivity contribution is 5.80. The molecule has 3 aromatic rings. The van der Waals surface area contributed by atoms with Gasteiger partial charge in [-0.3, -0.25) is 0 Å². The van der Waals surface area contributed by atoms with Crippen molar-refractivity contribution in [1.82, 2.24) is 0 Å². The van der Waals surface area contributed by atoms with E-state index in [1.807, 2.05) is 0 Å². The lowest BCUT2D eigenvalue weighted by molar-refractivity contribution is -0.701. The molecule has 0 N–H and O–H groups in total. The lowest BCUT2D eigenvalue weighted by Crippen LogP contribution is -2.37. The largest absolute Gasteiger partial charge is 0.202 e. The Morgan fingerprint density at radius 2 is 1.53 bits per heavy atom. The first-order valence-electron chi connectivity index (χ1n) is 6.76. The number of aromatic nitrogens is 1. The molecule has 3 rings (SSSR count). The highest BCUT2D eigenvalue weighted by atomic mass is 14.9. The third-order valence-corrected chi connectivity index (χ3v) is 3.59. The Morgan fingerprint density at radius 3 is 2.32 bits per heavy atom. The first kappa shape index (κ1) is 11.9. The second-order valence-electron chi connectivity index (χ2n) is 4.97. The van der Waals surface area contributed by atoms with Gasteiger partial charge in [0.2, 0.25) is 0 Å². The summed E-state index contributed by atoms with van der Waals surface area (Å²) in [6.07, 6.45) is 3.33. The lowest BCUT2D eigenvalue weighted by atomic mass is 10.1. The Balaban J connectivity index is 1.86. The third kappa shape index (κ3) is 2.65. The first-order chi connectivity index (χ1) is 9.33. The van der Waals surface area contributed by atoms with Crippen molar-refractivity contribution in [2.45, 2.75) is 19.9 Å². The van der Waals surface area contributed by atoms with Gasteiger partial charge in [-0.1, -0.05) is 48.5 Å². The summed E-state index contributed by atoms with van der Waals surface area (Å²) in [5, 5.41) is 2.62. The van der Waals surface area contributed by atoms with Gasteiger partial charge >= 0.3 is 0 Å². The molecule has 0 atom stereocenters. The van der Waals surface area contributed by atoms with Crippen LogP contribution >= 0.6 is 0 Å². The average Bonchev–Trinajstić information content (AvgIpc) is 2.46. The Hall–Kier alpha value is -2.15. The van der Waals surface area contributed by atoms with E-state index in [1.165, 1.54) is 22.0 Å². The molecule has 0 spiro atoms. The summed E-state index contributed by atoms with van der Waals surface area (Å²) in [6.45, 7) is 3.21. The second-order valence-corrected chi connectivity index (χ2v) is 4.97. The van der Waals surface area contributed by atoms with E-state index < -0.39 is 0 Å². The quantitative estimate of drug-likeness (QED) is 0.623. The fourth-order valence-corrected chi connectivity index (χ4v) is 2.47. The third-order valence-electron chi connectivity index (χ3n) is 3.59. The number of rotatable bonds is 3. The molecule has 0 unspecified atom stereocenters. The van der Waals surface area contributed by atoms with Crippen molar-refractivity contribution < 1.29 is 4.57 Å². The zero-order valence-corrected chi connectivity index (χ0v) is 11.2. The molecule has 1 heteroatoms. The van der Waals surface area contributed by atoms with Crippen LogP contribution in [0.1, 0.15) is 11.3 Å². The van der Waals surface area contributed by atoms with Gasteiger partial charge in [0.15, 0.2) is 18.4 Å². The number of fused-ring (bicyclic) bond motifs is 1. The van der Waals surface area contributed by atoms with E-state index >= 15 is 0 Å². The Kier molecular flexibility index (Phi) is 3.28. The molecule has 0 amide bonds. The molecule has 1 heterocycles. The Morgan fingerprint density at radius 1 is 0.842 bits per heavy atom. The standard InChI is InChI=1S/C18H18N/c1-15-13-17-9-5-6-10-18(17)14-19(15)12-11-16-7-3-2-4-8-16/h2-10,13-14H,11-12H2,1H3/q+1. The predicted molar refractivity (Wildman–Crippen MR) is 79.0 cm³/mol. The van der Waals surface area contributed by atoms with Crippen LogP contribution in [0.4, 0.5) is 0 Å². The summed E-state index contributed by atoms with van der Waals surface area (Å²) in [5.74, 6) is 0. The molecule has 0 aliphatic rings. The van der Waals surface area contributed by atoms with E-state index in [1.54, 1.807) is 0 Å². The minimum absolute atomic E-state index is 1.03. The van der Waals surface area contributed by atoms with Crippen LogP contribution in [0.2, 0.25) is 0 Å². The molecule has 0 saturated heterocycles. The number of pyridine rings is 1. The van der Waals surface area contributed by atoms with E-state index in [4.69, 9.17) is 0 Å². The van der Waals surface area contributed by atoms with E-state index in [9.17, 15) is 0 Å².